The van der Waals surface area contributed by atoms with E-state index in [1.54, 1.807) is 12.1 Å². The zero-order valence-corrected chi connectivity index (χ0v) is 19.2. The number of nitrogens with zero attached hydrogens (tertiary/aromatic N) is 1. The minimum atomic E-state index is -3.71. The van der Waals surface area contributed by atoms with Crippen molar-refractivity contribution in [3.63, 3.8) is 0 Å². The third-order valence-electron chi connectivity index (χ3n) is 5.86. The minimum absolute atomic E-state index is 0.146. The van der Waals surface area contributed by atoms with E-state index >= 15 is 0 Å². The van der Waals surface area contributed by atoms with Gasteiger partial charge in [-0.25, -0.2) is 12.8 Å². The van der Waals surface area contributed by atoms with E-state index in [0.29, 0.717) is 43.1 Å². The number of fused-ring (bicyclic) bond motifs is 1. The summed E-state index contributed by atoms with van der Waals surface area (Å²) in [6.07, 6.45) is 1.55. The van der Waals surface area contributed by atoms with Crippen molar-refractivity contribution in [1.29, 1.82) is 0 Å². The standard InChI is InChI=1S/C23H27FN2O6S/c1-30-20-5-3-16(13-19(20)24)15-25-23(27)17-7-9-26(10-8-17)33(28,29)18-4-6-21-22(14-18)32-12-2-11-31-21/h3-6,13-14,17H,2,7-12,15H2,1H3,(H,25,27). The molecule has 0 unspecified atom stereocenters. The Balaban J connectivity index is 1.33. The molecule has 0 aromatic heterocycles. The number of carbonyl (C=O) groups is 1. The highest BCUT2D eigenvalue weighted by molar-refractivity contribution is 7.89. The van der Waals surface area contributed by atoms with Crippen LogP contribution in [0.4, 0.5) is 4.39 Å². The lowest BCUT2D eigenvalue weighted by Crippen LogP contribution is -2.42. The maximum atomic E-state index is 13.8. The molecule has 8 nitrogen and oxygen atoms in total. The zero-order valence-electron chi connectivity index (χ0n) is 18.4. The van der Waals surface area contributed by atoms with Crippen LogP contribution in [0.25, 0.3) is 0 Å². The predicted molar refractivity (Wildman–Crippen MR) is 118 cm³/mol. The van der Waals surface area contributed by atoms with Gasteiger partial charge >= 0.3 is 0 Å². The lowest BCUT2D eigenvalue weighted by Gasteiger charge is -2.30. The molecule has 2 aromatic carbocycles. The Morgan fingerprint density at radius 2 is 1.85 bits per heavy atom. The average Bonchev–Trinajstić information content (AvgIpc) is 3.07. The van der Waals surface area contributed by atoms with Crippen molar-refractivity contribution in [3.05, 3.63) is 47.8 Å². The molecule has 1 amide bonds. The van der Waals surface area contributed by atoms with Gasteiger partial charge in [0.1, 0.15) is 0 Å². The number of benzene rings is 2. The summed E-state index contributed by atoms with van der Waals surface area (Å²) in [4.78, 5) is 12.7. The molecular formula is C23H27FN2O6S. The van der Waals surface area contributed by atoms with Crippen LogP contribution in [-0.2, 0) is 21.4 Å². The molecule has 0 aliphatic carbocycles. The Morgan fingerprint density at radius 1 is 1.12 bits per heavy atom. The van der Waals surface area contributed by atoms with Gasteiger partial charge < -0.3 is 19.5 Å². The summed E-state index contributed by atoms with van der Waals surface area (Å²) in [6.45, 7) is 1.68. The monoisotopic (exact) mass is 478 g/mol. The van der Waals surface area contributed by atoms with Crippen LogP contribution < -0.4 is 19.5 Å². The summed E-state index contributed by atoms with van der Waals surface area (Å²) in [5.74, 6) is 0.156. The van der Waals surface area contributed by atoms with Crippen LogP contribution in [0.5, 0.6) is 17.2 Å². The van der Waals surface area contributed by atoms with Crippen molar-refractivity contribution in [3.8, 4) is 17.2 Å². The topological polar surface area (TPSA) is 94.2 Å². The van der Waals surface area contributed by atoms with Gasteiger partial charge in [-0.2, -0.15) is 4.31 Å². The number of hydrogen-bond acceptors (Lipinski definition) is 6. The van der Waals surface area contributed by atoms with E-state index in [1.165, 1.54) is 35.7 Å². The third kappa shape index (κ3) is 5.22. The van der Waals surface area contributed by atoms with Gasteiger partial charge in [-0.3, -0.25) is 4.79 Å². The number of ether oxygens (including phenoxy) is 3. The Labute approximate surface area is 192 Å². The van der Waals surface area contributed by atoms with Gasteiger partial charge in [-0.15, -0.1) is 0 Å². The number of hydrogen-bond donors (Lipinski definition) is 1. The Morgan fingerprint density at radius 3 is 2.55 bits per heavy atom. The van der Waals surface area contributed by atoms with Gasteiger partial charge in [0.2, 0.25) is 15.9 Å². The second kappa shape index (κ2) is 9.96. The number of methoxy groups -OCH3 is 1. The van der Waals surface area contributed by atoms with Gasteiger partial charge in [0.15, 0.2) is 23.1 Å². The predicted octanol–water partition coefficient (Wildman–Crippen LogP) is 2.71. The molecule has 2 aromatic rings. The summed E-state index contributed by atoms with van der Waals surface area (Å²) < 4.78 is 57.5. The highest BCUT2D eigenvalue weighted by Gasteiger charge is 2.32. The molecule has 0 radical (unpaired) electrons. The summed E-state index contributed by atoms with van der Waals surface area (Å²) in [5, 5.41) is 2.81. The van der Waals surface area contributed by atoms with Gasteiger partial charge in [0.25, 0.3) is 0 Å². The van der Waals surface area contributed by atoms with E-state index in [0.717, 1.165) is 6.42 Å². The van der Waals surface area contributed by atoms with E-state index in [4.69, 9.17) is 14.2 Å². The number of halogens is 1. The summed E-state index contributed by atoms with van der Waals surface area (Å²) in [5.41, 5.74) is 0.621. The largest absolute Gasteiger partial charge is 0.494 e. The van der Waals surface area contributed by atoms with Crippen LogP contribution >= 0.6 is 0 Å². The van der Waals surface area contributed by atoms with Crippen LogP contribution in [0.1, 0.15) is 24.8 Å². The maximum absolute atomic E-state index is 13.8. The first-order valence-electron chi connectivity index (χ1n) is 10.9. The van der Waals surface area contributed by atoms with Crippen molar-refractivity contribution < 1.29 is 31.8 Å². The number of rotatable bonds is 6. The summed E-state index contributed by atoms with van der Waals surface area (Å²) >= 11 is 0. The lowest BCUT2D eigenvalue weighted by molar-refractivity contribution is -0.126. The van der Waals surface area contributed by atoms with E-state index in [2.05, 4.69) is 5.32 Å². The zero-order chi connectivity index (χ0) is 23.4. The molecule has 10 heteroatoms. The van der Waals surface area contributed by atoms with Crippen molar-refractivity contribution in [2.75, 3.05) is 33.4 Å². The molecule has 2 heterocycles. The van der Waals surface area contributed by atoms with E-state index in [-0.39, 0.29) is 42.1 Å². The number of nitrogens with one attached hydrogen (secondary N) is 1. The molecular weight excluding hydrogens is 451 g/mol. The molecule has 4 rings (SSSR count). The molecule has 33 heavy (non-hydrogen) atoms. The molecule has 1 N–H and O–H groups in total. The Hall–Kier alpha value is -2.85. The van der Waals surface area contributed by atoms with Crippen LogP contribution in [0, 0.1) is 11.7 Å². The molecule has 178 valence electrons. The smallest absolute Gasteiger partial charge is 0.243 e. The highest BCUT2D eigenvalue weighted by Crippen LogP contribution is 2.33. The van der Waals surface area contributed by atoms with Crippen molar-refractivity contribution in [1.82, 2.24) is 9.62 Å². The molecule has 0 spiro atoms. The maximum Gasteiger partial charge on any atom is 0.243 e. The second-order valence-electron chi connectivity index (χ2n) is 8.02. The molecule has 1 saturated heterocycles. The minimum Gasteiger partial charge on any atom is -0.494 e. The number of amides is 1. The fourth-order valence-electron chi connectivity index (χ4n) is 3.96. The number of carbonyl (C=O) groups excluding carboxylic acids is 1. The number of sulfonamides is 1. The molecule has 1 fully saturated rings. The first-order chi connectivity index (χ1) is 15.9. The first-order valence-corrected chi connectivity index (χ1v) is 12.3. The molecule has 2 aliphatic heterocycles. The molecule has 0 atom stereocenters. The number of piperidine rings is 1. The summed E-state index contributed by atoms with van der Waals surface area (Å²) in [6, 6.07) is 9.17. The van der Waals surface area contributed by atoms with E-state index in [9.17, 15) is 17.6 Å². The van der Waals surface area contributed by atoms with E-state index < -0.39 is 15.8 Å². The normalized spacial score (nSPS) is 17.3. The average molecular weight is 479 g/mol. The van der Waals surface area contributed by atoms with Gasteiger partial charge in [-0.1, -0.05) is 6.07 Å². The third-order valence-corrected chi connectivity index (χ3v) is 7.76. The van der Waals surface area contributed by atoms with Crippen molar-refractivity contribution in [2.45, 2.75) is 30.7 Å². The van der Waals surface area contributed by atoms with Crippen LogP contribution in [0.3, 0.4) is 0 Å². The Bertz CT molecular complexity index is 1120. The fourth-order valence-corrected chi connectivity index (χ4v) is 5.45. The van der Waals surface area contributed by atoms with Crippen LogP contribution in [0.15, 0.2) is 41.3 Å². The second-order valence-corrected chi connectivity index (χ2v) is 9.96. The van der Waals surface area contributed by atoms with Gasteiger partial charge in [0, 0.05) is 38.0 Å². The lowest BCUT2D eigenvalue weighted by atomic mass is 9.97. The SMILES string of the molecule is COc1ccc(CNC(=O)C2CCN(S(=O)(=O)c3ccc4c(c3)OCCCO4)CC2)cc1F. The van der Waals surface area contributed by atoms with Crippen LogP contribution in [0.2, 0.25) is 0 Å². The molecule has 2 aliphatic rings. The Kier molecular flexibility index (Phi) is 7.04. The van der Waals surface area contributed by atoms with Crippen molar-refractivity contribution in [2.24, 2.45) is 5.92 Å². The molecule has 0 bridgehead atoms. The fraction of sp³-hybridized carbons (Fsp3) is 0.435. The van der Waals surface area contributed by atoms with Crippen LogP contribution in [-0.4, -0.2) is 52.0 Å². The van der Waals surface area contributed by atoms with Crippen molar-refractivity contribution >= 4 is 15.9 Å². The quantitative estimate of drug-likeness (QED) is 0.686. The molecule has 0 saturated carbocycles. The first kappa shape index (κ1) is 23.3. The van der Waals surface area contributed by atoms with Gasteiger partial charge in [0.05, 0.1) is 25.2 Å². The summed E-state index contributed by atoms with van der Waals surface area (Å²) in [7, 11) is -2.32. The van der Waals surface area contributed by atoms with Gasteiger partial charge in [-0.05, 0) is 42.7 Å². The van der Waals surface area contributed by atoms with E-state index in [1.807, 2.05) is 0 Å². The highest BCUT2D eigenvalue weighted by atomic mass is 32.2.